The van der Waals surface area contributed by atoms with Gasteiger partial charge in [0.2, 0.25) is 5.91 Å². The predicted octanol–water partition coefficient (Wildman–Crippen LogP) is 14.6. The third-order valence-electron chi connectivity index (χ3n) is 11.6. The zero-order chi connectivity index (χ0) is 40.8. The van der Waals surface area contributed by atoms with Gasteiger partial charge in [-0.05, 0) is 51.4 Å². The van der Waals surface area contributed by atoms with E-state index in [0.717, 1.165) is 70.6 Å². The molecule has 0 aliphatic rings. The molecule has 3 N–H and O–H groups in total. The van der Waals surface area contributed by atoms with E-state index in [-0.39, 0.29) is 18.5 Å². The zero-order valence-electron chi connectivity index (χ0n) is 37.6. The lowest BCUT2D eigenvalue weighted by Crippen LogP contribution is -2.45. The maximum absolute atomic E-state index is 12.4. The number of esters is 1. The summed E-state index contributed by atoms with van der Waals surface area (Å²) in [6.45, 7) is 4.90. The van der Waals surface area contributed by atoms with E-state index in [4.69, 9.17) is 4.74 Å². The molecule has 2 atom stereocenters. The molecule has 0 radical (unpaired) electrons. The number of aliphatic hydroxyl groups excluding tert-OH is 2. The standard InChI is InChI=1S/C50H97NO5/c1-3-5-7-9-11-13-14-15-17-21-24-28-32-36-40-44-50(55)56-45-41-37-33-29-25-22-19-16-18-20-23-27-31-35-39-43-49(54)51-47(46-52)48(53)42-38-34-30-26-12-10-8-6-4-2/h19,22,47-48,52-53H,3-18,20-21,23-46H2,1-2H3,(H,51,54)/b22-19-. The molecule has 0 aliphatic carbocycles. The molecule has 6 nitrogen and oxygen atoms in total. The van der Waals surface area contributed by atoms with Crippen LogP contribution in [0, 0.1) is 0 Å². The molecule has 0 fully saturated rings. The van der Waals surface area contributed by atoms with E-state index in [1.165, 1.54) is 167 Å². The first kappa shape index (κ1) is 54.6. The fourth-order valence-corrected chi connectivity index (χ4v) is 7.69. The van der Waals surface area contributed by atoms with E-state index in [0.29, 0.717) is 25.9 Å². The SMILES string of the molecule is CCCCCCCCCCCCCCCCCC(=O)OCCCCCC/C=C\CCCCCCCCCC(=O)NC(CO)C(O)CCCCCCCCCCC. The summed E-state index contributed by atoms with van der Waals surface area (Å²) in [6, 6.07) is -0.549. The molecule has 1 amide bonds. The van der Waals surface area contributed by atoms with E-state index in [1.54, 1.807) is 0 Å². The Morgan fingerprint density at radius 3 is 1.27 bits per heavy atom. The monoisotopic (exact) mass is 792 g/mol. The third kappa shape index (κ3) is 42.2. The number of unbranched alkanes of at least 4 members (excludes halogenated alkanes) is 33. The Kier molecular flexibility index (Phi) is 45.1. The van der Waals surface area contributed by atoms with Crippen molar-refractivity contribution in [1.82, 2.24) is 5.32 Å². The van der Waals surface area contributed by atoms with Crippen LogP contribution in [-0.4, -0.2) is 47.4 Å². The van der Waals surface area contributed by atoms with Crippen molar-refractivity contribution in [2.75, 3.05) is 13.2 Å². The summed E-state index contributed by atoms with van der Waals surface area (Å²) >= 11 is 0. The molecule has 0 aromatic carbocycles. The second-order valence-electron chi connectivity index (χ2n) is 17.1. The summed E-state index contributed by atoms with van der Waals surface area (Å²) in [5.41, 5.74) is 0. The first-order valence-corrected chi connectivity index (χ1v) is 24.9. The molecule has 0 aliphatic heterocycles. The second-order valence-corrected chi connectivity index (χ2v) is 17.1. The van der Waals surface area contributed by atoms with Gasteiger partial charge in [0.25, 0.3) is 0 Å². The fourth-order valence-electron chi connectivity index (χ4n) is 7.69. The van der Waals surface area contributed by atoms with Crippen LogP contribution in [0.1, 0.15) is 271 Å². The molecule has 332 valence electrons. The number of amides is 1. The van der Waals surface area contributed by atoms with Crippen LogP contribution in [0.5, 0.6) is 0 Å². The number of allylic oxidation sites excluding steroid dienone is 2. The lowest BCUT2D eigenvalue weighted by molar-refractivity contribution is -0.143. The molecular weight excluding hydrogens is 695 g/mol. The Morgan fingerprint density at radius 2 is 0.839 bits per heavy atom. The maximum Gasteiger partial charge on any atom is 0.305 e. The number of rotatable bonds is 46. The van der Waals surface area contributed by atoms with Crippen molar-refractivity contribution in [2.24, 2.45) is 0 Å². The van der Waals surface area contributed by atoms with Crippen molar-refractivity contribution in [1.29, 1.82) is 0 Å². The van der Waals surface area contributed by atoms with Crippen molar-refractivity contribution in [3.63, 3.8) is 0 Å². The van der Waals surface area contributed by atoms with Crippen molar-refractivity contribution >= 4 is 11.9 Å². The highest BCUT2D eigenvalue weighted by Crippen LogP contribution is 2.16. The summed E-state index contributed by atoms with van der Waals surface area (Å²) in [5, 5.41) is 23.0. The molecule has 0 saturated heterocycles. The fraction of sp³-hybridized carbons (Fsp3) is 0.920. The van der Waals surface area contributed by atoms with Gasteiger partial charge in [0.05, 0.1) is 25.4 Å². The Morgan fingerprint density at radius 1 is 0.482 bits per heavy atom. The summed E-state index contributed by atoms with van der Waals surface area (Å²) in [7, 11) is 0. The van der Waals surface area contributed by atoms with Gasteiger partial charge >= 0.3 is 5.97 Å². The van der Waals surface area contributed by atoms with Gasteiger partial charge in [-0.1, -0.05) is 219 Å². The molecule has 0 rings (SSSR count). The minimum atomic E-state index is -0.670. The highest BCUT2D eigenvalue weighted by atomic mass is 16.5. The number of hydrogen-bond donors (Lipinski definition) is 3. The molecule has 0 aromatic heterocycles. The molecule has 0 aromatic rings. The second kappa shape index (κ2) is 46.3. The van der Waals surface area contributed by atoms with Crippen molar-refractivity contribution in [2.45, 2.75) is 283 Å². The van der Waals surface area contributed by atoms with Gasteiger partial charge in [-0.15, -0.1) is 0 Å². The normalized spacial score (nSPS) is 12.7. The molecule has 0 saturated carbocycles. The van der Waals surface area contributed by atoms with Crippen LogP contribution in [0.15, 0.2) is 12.2 Å². The summed E-state index contributed by atoms with van der Waals surface area (Å²) in [6.07, 6.45) is 51.8. The number of aliphatic hydroxyl groups is 2. The van der Waals surface area contributed by atoms with Gasteiger partial charge < -0.3 is 20.3 Å². The highest BCUT2D eigenvalue weighted by Gasteiger charge is 2.20. The highest BCUT2D eigenvalue weighted by molar-refractivity contribution is 5.76. The predicted molar refractivity (Wildman–Crippen MR) is 241 cm³/mol. The van der Waals surface area contributed by atoms with Gasteiger partial charge in [0.1, 0.15) is 0 Å². The Balaban J connectivity index is 3.43. The van der Waals surface area contributed by atoms with Crippen LogP contribution < -0.4 is 5.32 Å². The molecule has 0 spiro atoms. The van der Waals surface area contributed by atoms with Gasteiger partial charge in [-0.25, -0.2) is 0 Å². The molecule has 0 heterocycles. The van der Waals surface area contributed by atoms with Crippen molar-refractivity contribution in [3.05, 3.63) is 12.2 Å². The number of nitrogens with one attached hydrogen (secondary N) is 1. The van der Waals surface area contributed by atoms with E-state index >= 15 is 0 Å². The number of hydrogen-bond acceptors (Lipinski definition) is 5. The third-order valence-corrected chi connectivity index (χ3v) is 11.6. The quantitative estimate of drug-likeness (QED) is 0.0324. The Hall–Kier alpha value is -1.40. The summed E-state index contributed by atoms with van der Waals surface area (Å²) in [5.74, 6) is -0.0600. The minimum absolute atomic E-state index is 0.00752. The zero-order valence-corrected chi connectivity index (χ0v) is 37.6. The molecule has 6 heteroatoms. The minimum Gasteiger partial charge on any atom is -0.466 e. The van der Waals surface area contributed by atoms with Crippen LogP contribution in [-0.2, 0) is 14.3 Å². The van der Waals surface area contributed by atoms with E-state index in [1.807, 2.05) is 0 Å². The number of ether oxygens (including phenoxy) is 1. The molecule has 0 bridgehead atoms. The summed E-state index contributed by atoms with van der Waals surface area (Å²) < 4.78 is 5.45. The average Bonchev–Trinajstić information content (AvgIpc) is 3.20. The van der Waals surface area contributed by atoms with E-state index < -0.39 is 12.1 Å². The summed E-state index contributed by atoms with van der Waals surface area (Å²) in [4.78, 5) is 24.4. The topological polar surface area (TPSA) is 95.9 Å². The van der Waals surface area contributed by atoms with Gasteiger partial charge in [-0.3, -0.25) is 9.59 Å². The molecular formula is C50H97NO5. The van der Waals surface area contributed by atoms with Crippen LogP contribution in [0.2, 0.25) is 0 Å². The lowest BCUT2D eigenvalue weighted by Gasteiger charge is -2.22. The number of carbonyl (C=O) groups excluding carboxylic acids is 2. The first-order chi connectivity index (χ1) is 27.5. The van der Waals surface area contributed by atoms with Crippen LogP contribution in [0.25, 0.3) is 0 Å². The van der Waals surface area contributed by atoms with E-state index in [9.17, 15) is 19.8 Å². The lowest BCUT2D eigenvalue weighted by atomic mass is 10.0. The van der Waals surface area contributed by atoms with Crippen LogP contribution in [0.3, 0.4) is 0 Å². The van der Waals surface area contributed by atoms with Gasteiger partial charge in [0.15, 0.2) is 0 Å². The van der Waals surface area contributed by atoms with Crippen molar-refractivity contribution < 1.29 is 24.5 Å². The van der Waals surface area contributed by atoms with Gasteiger partial charge in [0, 0.05) is 12.8 Å². The maximum atomic E-state index is 12.4. The Bertz CT molecular complexity index is 832. The van der Waals surface area contributed by atoms with Crippen LogP contribution in [0.4, 0.5) is 0 Å². The molecule has 56 heavy (non-hydrogen) atoms. The van der Waals surface area contributed by atoms with Gasteiger partial charge in [-0.2, -0.15) is 0 Å². The smallest absolute Gasteiger partial charge is 0.305 e. The largest absolute Gasteiger partial charge is 0.466 e. The number of carbonyl (C=O) groups is 2. The van der Waals surface area contributed by atoms with E-state index in [2.05, 4.69) is 31.3 Å². The van der Waals surface area contributed by atoms with Crippen LogP contribution >= 0.6 is 0 Å². The average molecular weight is 792 g/mol. The molecule has 2 unspecified atom stereocenters. The Labute approximate surface area is 349 Å². The van der Waals surface area contributed by atoms with Crippen molar-refractivity contribution in [3.8, 4) is 0 Å². The first-order valence-electron chi connectivity index (χ1n) is 24.9.